The van der Waals surface area contributed by atoms with Crippen LogP contribution in [-0.4, -0.2) is 19.6 Å². The van der Waals surface area contributed by atoms with Gasteiger partial charge in [0.1, 0.15) is 18.1 Å². The number of benzene rings is 2. The fourth-order valence-corrected chi connectivity index (χ4v) is 2.24. The van der Waals surface area contributed by atoms with Crippen molar-refractivity contribution in [3.05, 3.63) is 59.7 Å². The van der Waals surface area contributed by atoms with Gasteiger partial charge in [-0.1, -0.05) is 32.9 Å². The standard InChI is InChI=1S/C21H27NO3/c1-21(2,3)13-14-22-20(23)17-7-11-19(12-8-17)25-15-16-5-9-18(24-4)10-6-16/h5-12H,13-15H2,1-4H3,(H,22,23). The van der Waals surface area contributed by atoms with Gasteiger partial charge in [-0.2, -0.15) is 0 Å². The first kappa shape index (κ1) is 18.8. The fraction of sp³-hybridized carbons (Fsp3) is 0.381. The summed E-state index contributed by atoms with van der Waals surface area (Å²) in [5, 5.41) is 2.95. The number of ether oxygens (including phenoxy) is 2. The van der Waals surface area contributed by atoms with Crippen molar-refractivity contribution in [1.82, 2.24) is 5.32 Å². The lowest BCUT2D eigenvalue weighted by molar-refractivity contribution is 0.0949. The molecule has 0 aliphatic carbocycles. The number of hydrogen-bond donors (Lipinski definition) is 1. The molecule has 4 heteroatoms. The Labute approximate surface area is 150 Å². The van der Waals surface area contributed by atoms with Crippen molar-refractivity contribution in [3.63, 3.8) is 0 Å². The zero-order chi connectivity index (χ0) is 18.3. The summed E-state index contributed by atoms with van der Waals surface area (Å²) in [7, 11) is 1.65. The van der Waals surface area contributed by atoms with E-state index < -0.39 is 0 Å². The molecule has 0 aliphatic heterocycles. The number of carbonyl (C=O) groups excluding carboxylic acids is 1. The quantitative estimate of drug-likeness (QED) is 0.810. The van der Waals surface area contributed by atoms with E-state index in [9.17, 15) is 4.79 Å². The Morgan fingerprint density at radius 2 is 1.56 bits per heavy atom. The summed E-state index contributed by atoms with van der Waals surface area (Å²) in [6.45, 7) is 7.63. The van der Waals surface area contributed by atoms with E-state index >= 15 is 0 Å². The molecule has 0 radical (unpaired) electrons. The average molecular weight is 341 g/mol. The van der Waals surface area contributed by atoms with Gasteiger partial charge in [-0.25, -0.2) is 0 Å². The van der Waals surface area contributed by atoms with Crippen LogP contribution in [0.15, 0.2) is 48.5 Å². The molecule has 0 heterocycles. The summed E-state index contributed by atoms with van der Waals surface area (Å²) in [5.74, 6) is 1.51. The number of rotatable bonds is 7. The summed E-state index contributed by atoms with van der Waals surface area (Å²) in [4.78, 5) is 12.1. The third kappa shape index (κ3) is 6.49. The molecule has 0 unspecified atom stereocenters. The van der Waals surface area contributed by atoms with E-state index in [2.05, 4.69) is 26.1 Å². The van der Waals surface area contributed by atoms with E-state index in [-0.39, 0.29) is 11.3 Å². The average Bonchev–Trinajstić information content (AvgIpc) is 2.59. The Morgan fingerprint density at radius 1 is 0.960 bits per heavy atom. The van der Waals surface area contributed by atoms with Gasteiger partial charge in [0.15, 0.2) is 0 Å². The highest BCUT2D eigenvalue weighted by atomic mass is 16.5. The van der Waals surface area contributed by atoms with Crippen LogP contribution in [0.3, 0.4) is 0 Å². The van der Waals surface area contributed by atoms with Crippen LogP contribution in [0.25, 0.3) is 0 Å². The number of carbonyl (C=O) groups is 1. The summed E-state index contributed by atoms with van der Waals surface area (Å²) in [6.07, 6.45) is 0.946. The molecule has 4 nitrogen and oxygen atoms in total. The van der Waals surface area contributed by atoms with Crippen LogP contribution in [0, 0.1) is 5.41 Å². The molecular formula is C21H27NO3. The highest BCUT2D eigenvalue weighted by Gasteiger charge is 2.11. The molecule has 0 spiro atoms. The van der Waals surface area contributed by atoms with Crippen LogP contribution in [0.5, 0.6) is 11.5 Å². The third-order valence-corrected chi connectivity index (χ3v) is 3.84. The molecule has 2 aromatic carbocycles. The first-order chi connectivity index (χ1) is 11.9. The van der Waals surface area contributed by atoms with Crippen molar-refractivity contribution < 1.29 is 14.3 Å². The van der Waals surface area contributed by atoms with Crippen molar-refractivity contribution >= 4 is 5.91 Å². The molecule has 0 bridgehead atoms. The molecule has 0 atom stereocenters. The summed E-state index contributed by atoms with van der Waals surface area (Å²) in [5.41, 5.74) is 1.92. The molecule has 0 aromatic heterocycles. The van der Waals surface area contributed by atoms with E-state index in [1.165, 1.54) is 0 Å². The Balaban J connectivity index is 1.83. The molecule has 2 rings (SSSR count). The number of methoxy groups -OCH3 is 1. The summed E-state index contributed by atoms with van der Waals surface area (Å²) >= 11 is 0. The van der Waals surface area contributed by atoms with Crippen molar-refractivity contribution in [2.45, 2.75) is 33.8 Å². The molecule has 0 aliphatic rings. The Bertz CT molecular complexity index is 670. The predicted molar refractivity (Wildman–Crippen MR) is 100 cm³/mol. The van der Waals surface area contributed by atoms with E-state index in [1.54, 1.807) is 19.2 Å². The summed E-state index contributed by atoms with van der Waals surface area (Å²) < 4.78 is 10.9. The highest BCUT2D eigenvalue weighted by Crippen LogP contribution is 2.18. The second-order valence-electron chi connectivity index (χ2n) is 7.23. The summed E-state index contributed by atoms with van der Waals surface area (Å²) in [6, 6.07) is 15.0. The molecule has 1 amide bonds. The zero-order valence-electron chi connectivity index (χ0n) is 15.5. The SMILES string of the molecule is COc1ccc(COc2ccc(C(=O)NCCC(C)(C)C)cc2)cc1. The maximum atomic E-state index is 12.1. The Morgan fingerprint density at radius 3 is 2.12 bits per heavy atom. The minimum absolute atomic E-state index is 0.0500. The van der Waals surface area contributed by atoms with E-state index in [0.717, 1.165) is 23.5 Å². The normalized spacial score (nSPS) is 11.0. The van der Waals surface area contributed by atoms with Gasteiger partial charge in [-0.3, -0.25) is 4.79 Å². The number of amides is 1. The molecular weight excluding hydrogens is 314 g/mol. The van der Waals surface area contributed by atoms with Crippen molar-refractivity contribution in [2.75, 3.05) is 13.7 Å². The van der Waals surface area contributed by atoms with Gasteiger partial charge in [0, 0.05) is 12.1 Å². The van der Waals surface area contributed by atoms with Gasteiger partial charge in [0.2, 0.25) is 0 Å². The van der Waals surface area contributed by atoms with Crippen LogP contribution >= 0.6 is 0 Å². The number of hydrogen-bond acceptors (Lipinski definition) is 3. The highest BCUT2D eigenvalue weighted by molar-refractivity contribution is 5.94. The molecule has 134 valence electrons. The second-order valence-corrected chi connectivity index (χ2v) is 7.23. The Kier molecular flexibility index (Phi) is 6.45. The smallest absolute Gasteiger partial charge is 0.251 e. The second kappa shape index (κ2) is 8.56. The monoisotopic (exact) mass is 341 g/mol. The molecule has 1 N–H and O–H groups in total. The molecule has 0 fully saturated rings. The fourth-order valence-electron chi connectivity index (χ4n) is 2.24. The lowest BCUT2D eigenvalue weighted by Gasteiger charge is -2.18. The van der Waals surface area contributed by atoms with Crippen LogP contribution in [0.4, 0.5) is 0 Å². The van der Waals surface area contributed by atoms with E-state index in [0.29, 0.717) is 18.7 Å². The van der Waals surface area contributed by atoms with Crippen LogP contribution in [0.2, 0.25) is 0 Å². The zero-order valence-corrected chi connectivity index (χ0v) is 15.5. The molecule has 0 saturated carbocycles. The van der Waals surface area contributed by atoms with Gasteiger partial charge in [0.05, 0.1) is 7.11 Å². The van der Waals surface area contributed by atoms with Crippen molar-refractivity contribution in [3.8, 4) is 11.5 Å². The van der Waals surface area contributed by atoms with Crippen LogP contribution in [0.1, 0.15) is 43.1 Å². The van der Waals surface area contributed by atoms with Gasteiger partial charge >= 0.3 is 0 Å². The van der Waals surface area contributed by atoms with Gasteiger partial charge in [-0.15, -0.1) is 0 Å². The van der Waals surface area contributed by atoms with Crippen molar-refractivity contribution in [1.29, 1.82) is 0 Å². The van der Waals surface area contributed by atoms with Gasteiger partial charge < -0.3 is 14.8 Å². The first-order valence-corrected chi connectivity index (χ1v) is 8.51. The number of nitrogens with one attached hydrogen (secondary N) is 1. The minimum Gasteiger partial charge on any atom is -0.497 e. The molecule has 0 saturated heterocycles. The van der Waals surface area contributed by atoms with Gasteiger partial charge in [-0.05, 0) is 53.8 Å². The van der Waals surface area contributed by atoms with E-state index in [4.69, 9.17) is 9.47 Å². The third-order valence-electron chi connectivity index (χ3n) is 3.84. The maximum absolute atomic E-state index is 12.1. The van der Waals surface area contributed by atoms with Gasteiger partial charge in [0.25, 0.3) is 5.91 Å². The predicted octanol–water partition coefficient (Wildman–Crippen LogP) is 4.44. The van der Waals surface area contributed by atoms with Crippen LogP contribution < -0.4 is 14.8 Å². The van der Waals surface area contributed by atoms with E-state index in [1.807, 2.05) is 36.4 Å². The van der Waals surface area contributed by atoms with Crippen molar-refractivity contribution in [2.24, 2.45) is 5.41 Å². The largest absolute Gasteiger partial charge is 0.497 e. The molecule has 2 aromatic rings. The van der Waals surface area contributed by atoms with Crippen LogP contribution in [-0.2, 0) is 6.61 Å². The lowest BCUT2D eigenvalue weighted by Crippen LogP contribution is -2.27. The first-order valence-electron chi connectivity index (χ1n) is 8.51. The topological polar surface area (TPSA) is 47.6 Å². The molecule has 25 heavy (non-hydrogen) atoms. The Hall–Kier alpha value is -2.49. The minimum atomic E-state index is -0.0500. The maximum Gasteiger partial charge on any atom is 0.251 e. The lowest BCUT2D eigenvalue weighted by atomic mass is 9.92.